The molecule has 1 amide bonds. The molecule has 3 aromatic carbocycles. The fourth-order valence-electron chi connectivity index (χ4n) is 4.99. The van der Waals surface area contributed by atoms with Crippen molar-refractivity contribution in [1.29, 1.82) is 0 Å². The maximum atomic E-state index is 13.5. The molecule has 34 heavy (non-hydrogen) atoms. The highest BCUT2D eigenvalue weighted by Gasteiger charge is 2.39. The summed E-state index contributed by atoms with van der Waals surface area (Å²) in [5, 5.41) is 3.00. The summed E-state index contributed by atoms with van der Waals surface area (Å²) >= 11 is 0. The van der Waals surface area contributed by atoms with Gasteiger partial charge in [-0.3, -0.25) is 9.59 Å². The number of methoxy groups -OCH3 is 1. The van der Waals surface area contributed by atoms with Crippen molar-refractivity contribution in [3.63, 3.8) is 0 Å². The summed E-state index contributed by atoms with van der Waals surface area (Å²) < 4.78 is 11.5. The van der Waals surface area contributed by atoms with E-state index in [9.17, 15) is 9.59 Å². The van der Waals surface area contributed by atoms with E-state index in [1.165, 1.54) is 0 Å². The van der Waals surface area contributed by atoms with Crippen LogP contribution in [0.4, 0.5) is 0 Å². The van der Waals surface area contributed by atoms with E-state index >= 15 is 0 Å². The van der Waals surface area contributed by atoms with Gasteiger partial charge < -0.3 is 14.8 Å². The van der Waals surface area contributed by atoms with E-state index in [4.69, 9.17) is 9.47 Å². The lowest BCUT2D eigenvalue weighted by Crippen LogP contribution is -2.38. The Kier molecular flexibility index (Phi) is 6.17. The van der Waals surface area contributed by atoms with Crippen LogP contribution in [0.15, 0.2) is 90.1 Å². The van der Waals surface area contributed by atoms with Crippen LogP contribution in [-0.4, -0.2) is 18.8 Å². The maximum Gasteiger partial charge on any atom is 0.225 e. The average molecular weight is 454 g/mol. The van der Waals surface area contributed by atoms with Crippen molar-refractivity contribution in [3.8, 4) is 11.5 Å². The predicted molar refractivity (Wildman–Crippen MR) is 130 cm³/mol. The van der Waals surface area contributed by atoms with Gasteiger partial charge in [-0.1, -0.05) is 60.7 Å². The molecule has 0 radical (unpaired) electrons. The number of para-hydroxylation sites is 1. The number of allylic oxidation sites excluding steroid dienone is 2. The standard InChI is InChI=1S/C29H27NO4/c1-33-22-11-7-10-20(14-22)21-15-25-29(26(31)16-21)24(17-28(32)30-25)23-12-5-6-13-27(23)34-18-19-8-3-2-4-9-19/h2-14,21,24H,15-18H2,1H3,(H,30,32). The lowest BCUT2D eigenvalue weighted by molar-refractivity contribution is -0.122. The molecule has 2 atom stereocenters. The minimum Gasteiger partial charge on any atom is -0.497 e. The van der Waals surface area contributed by atoms with Gasteiger partial charge in [0.1, 0.15) is 18.1 Å². The van der Waals surface area contributed by atoms with Gasteiger partial charge in [-0.05, 0) is 41.7 Å². The zero-order valence-corrected chi connectivity index (χ0v) is 19.1. The number of benzene rings is 3. The molecule has 2 unspecified atom stereocenters. The zero-order chi connectivity index (χ0) is 23.5. The normalized spacial score (nSPS) is 19.9. The third-order valence-corrected chi connectivity index (χ3v) is 6.63. The number of ketones is 1. The molecule has 0 saturated heterocycles. The van der Waals surface area contributed by atoms with Gasteiger partial charge in [-0.2, -0.15) is 0 Å². The monoisotopic (exact) mass is 453 g/mol. The molecule has 5 heteroatoms. The molecule has 1 heterocycles. The molecular weight excluding hydrogens is 426 g/mol. The highest BCUT2D eigenvalue weighted by molar-refractivity contribution is 6.02. The Morgan fingerprint density at radius 1 is 0.882 bits per heavy atom. The lowest BCUT2D eigenvalue weighted by atomic mass is 9.73. The summed E-state index contributed by atoms with van der Waals surface area (Å²) in [5.74, 6) is 1.18. The number of hydrogen-bond acceptors (Lipinski definition) is 4. The predicted octanol–water partition coefficient (Wildman–Crippen LogP) is 5.28. The smallest absolute Gasteiger partial charge is 0.225 e. The van der Waals surface area contributed by atoms with Crippen LogP contribution in [0.3, 0.4) is 0 Å². The van der Waals surface area contributed by atoms with E-state index < -0.39 is 0 Å². The second kappa shape index (κ2) is 9.56. The molecule has 0 saturated carbocycles. The molecule has 1 aliphatic heterocycles. The van der Waals surface area contributed by atoms with Crippen LogP contribution in [0, 0.1) is 0 Å². The number of amides is 1. The van der Waals surface area contributed by atoms with Crippen molar-refractivity contribution in [2.75, 3.05) is 7.11 Å². The molecular formula is C29H27NO4. The minimum atomic E-state index is -0.311. The van der Waals surface area contributed by atoms with E-state index in [0.29, 0.717) is 25.2 Å². The van der Waals surface area contributed by atoms with Crippen LogP contribution in [0.25, 0.3) is 0 Å². The summed E-state index contributed by atoms with van der Waals surface area (Å²) in [6.07, 6.45) is 1.26. The van der Waals surface area contributed by atoms with Crippen molar-refractivity contribution >= 4 is 11.7 Å². The van der Waals surface area contributed by atoms with Crippen molar-refractivity contribution in [2.45, 2.75) is 37.7 Å². The van der Waals surface area contributed by atoms with Gasteiger partial charge in [0.15, 0.2) is 5.78 Å². The van der Waals surface area contributed by atoms with Gasteiger partial charge in [-0.25, -0.2) is 0 Å². The van der Waals surface area contributed by atoms with Crippen LogP contribution >= 0.6 is 0 Å². The second-order valence-corrected chi connectivity index (χ2v) is 8.81. The largest absolute Gasteiger partial charge is 0.497 e. The molecule has 0 fully saturated rings. The van der Waals surface area contributed by atoms with Crippen molar-refractivity contribution < 1.29 is 19.1 Å². The van der Waals surface area contributed by atoms with Crippen LogP contribution in [0.1, 0.15) is 47.8 Å². The zero-order valence-electron chi connectivity index (χ0n) is 19.1. The summed E-state index contributed by atoms with van der Waals surface area (Å²) in [5.41, 5.74) is 4.45. The van der Waals surface area contributed by atoms with Gasteiger partial charge in [-0.15, -0.1) is 0 Å². The Morgan fingerprint density at radius 2 is 1.68 bits per heavy atom. The first-order chi connectivity index (χ1) is 16.6. The van der Waals surface area contributed by atoms with Crippen molar-refractivity contribution in [1.82, 2.24) is 5.32 Å². The number of nitrogens with one attached hydrogen (secondary N) is 1. The fourth-order valence-corrected chi connectivity index (χ4v) is 4.99. The molecule has 3 aromatic rings. The molecule has 0 spiro atoms. The van der Waals surface area contributed by atoms with Gasteiger partial charge >= 0.3 is 0 Å². The second-order valence-electron chi connectivity index (χ2n) is 8.81. The lowest BCUT2D eigenvalue weighted by Gasteiger charge is -2.35. The molecule has 2 aliphatic rings. The fraction of sp³-hybridized carbons (Fsp3) is 0.241. The maximum absolute atomic E-state index is 13.5. The third-order valence-electron chi connectivity index (χ3n) is 6.63. The summed E-state index contributed by atoms with van der Waals surface area (Å²) in [4.78, 5) is 26.2. The number of rotatable bonds is 6. The van der Waals surface area contributed by atoms with Crippen LogP contribution in [-0.2, 0) is 16.2 Å². The Morgan fingerprint density at radius 3 is 2.50 bits per heavy atom. The summed E-state index contributed by atoms with van der Waals surface area (Å²) in [6.45, 7) is 0.425. The molecule has 0 aromatic heterocycles. The van der Waals surface area contributed by atoms with Crippen molar-refractivity contribution in [2.24, 2.45) is 0 Å². The quantitative estimate of drug-likeness (QED) is 0.552. The van der Waals surface area contributed by atoms with Crippen LogP contribution in [0.5, 0.6) is 11.5 Å². The number of carbonyl (C=O) groups excluding carboxylic acids is 2. The Bertz CT molecular complexity index is 1250. The number of carbonyl (C=O) groups is 2. The van der Waals surface area contributed by atoms with Crippen LogP contribution in [0.2, 0.25) is 0 Å². The van der Waals surface area contributed by atoms with E-state index in [0.717, 1.165) is 33.7 Å². The van der Waals surface area contributed by atoms with Gasteiger partial charge in [0.2, 0.25) is 5.91 Å². The summed E-state index contributed by atoms with van der Waals surface area (Å²) in [6, 6.07) is 25.5. The van der Waals surface area contributed by atoms with E-state index in [1.807, 2.05) is 78.9 Å². The number of Topliss-reactive ketones (excluding diaryl/α,β-unsaturated/α-hetero) is 1. The molecule has 1 N–H and O–H groups in total. The van der Waals surface area contributed by atoms with E-state index in [2.05, 4.69) is 5.32 Å². The van der Waals surface area contributed by atoms with Gasteiger partial charge in [0, 0.05) is 35.6 Å². The summed E-state index contributed by atoms with van der Waals surface area (Å²) in [7, 11) is 1.63. The molecule has 0 bridgehead atoms. The van der Waals surface area contributed by atoms with E-state index in [1.54, 1.807) is 7.11 Å². The Hall–Kier alpha value is -3.86. The average Bonchev–Trinajstić information content (AvgIpc) is 2.87. The molecule has 1 aliphatic carbocycles. The number of hydrogen-bond donors (Lipinski definition) is 1. The first-order valence-corrected chi connectivity index (χ1v) is 11.6. The highest BCUT2D eigenvalue weighted by Crippen LogP contribution is 2.45. The molecule has 172 valence electrons. The third kappa shape index (κ3) is 4.46. The van der Waals surface area contributed by atoms with Crippen LogP contribution < -0.4 is 14.8 Å². The minimum absolute atomic E-state index is 0.00461. The van der Waals surface area contributed by atoms with E-state index in [-0.39, 0.29) is 29.9 Å². The first kappa shape index (κ1) is 22.0. The van der Waals surface area contributed by atoms with Crippen molar-refractivity contribution in [3.05, 3.63) is 107 Å². The molecule has 5 nitrogen and oxygen atoms in total. The highest BCUT2D eigenvalue weighted by atomic mass is 16.5. The first-order valence-electron chi connectivity index (χ1n) is 11.6. The topological polar surface area (TPSA) is 64.6 Å². The Labute approximate surface area is 199 Å². The van der Waals surface area contributed by atoms with Gasteiger partial charge in [0.25, 0.3) is 0 Å². The van der Waals surface area contributed by atoms with Gasteiger partial charge in [0.05, 0.1) is 7.11 Å². The SMILES string of the molecule is COc1cccc(C2CC(=O)C3=C(C2)NC(=O)CC3c2ccccc2OCc2ccccc2)c1. The Balaban J connectivity index is 1.45. The number of ether oxygens (including phenoxy) is 2. The molecule has 5 rings (SSSR count).